The standard InChI is InChI=1S/C34H56N2O6/c1-18-14-20(26(37)30(4,5)40)41-25-24(18)31(6)12-13-34-17-33(34)11-10-23(42-28(39)36-19-15-35-16-19)29(2,3)21(33)8-9-22(34)32(31,7)27(25)38/h18-27,35,37-38,40H,8-17H2,1-7H3,(H,36,39). The number of aliphatic hydroxyl groups is 3. The summed E-state index contributed by atoms with van der Waals surface area (Å²) in [6, 6.07) is 0.178. The molecule has 7 aliphatic rings. The van der Waals surface area contributed by atoms with Gasteiger partial charge >= 0.3 is 6.09 Å². The average molecular weight is 589 g/mol. The molecule has 1 amide bonds. The molecule has 2 saturated heterocycles. The highest BCUT2D eigenvalue weighted by Gasteiger charge is 2.84. The highest BCUT2D eigenvalue weighted by Crippen LogP contribution is 2.89. The largest absolute Gasteiger partial charge is 0.446 e. The smallest absolute Gasteiger partial charge is 0.407 e. The number of hydrogen-bond donors (Lipinski definition) is 5. The third-order valence-corrected chi connectivity index (χ3v) is 15.2. The lowest BCUT2D eigenvalue weighted by atomic mass is 9.41. The first-order valence-corrected chi connectivity index (χ1v) is 16.9. The molecule has 0 aromatic rings. The molecule has 7 fully saturated rings. The fraction of sp³-hybridized carbons (Fsp3) is 0.971. The summed E-state index contributed by atoms with van der Waals surface area (Å²) in [4.78, 5) is 12.8. The van der Waals surface area contributed by atoms with Crippen LogP contribution in [0.4, 0.5) is 4.79 Å². The first-order chi connectivity index (χ1) is 19.5. The molecule has 238 valence electrons. The molecule has 13 unspecified atom stereocenters. The van der Waals surface area contributed by atoms with Crippen molar-refractivity contribution >= 4 is 6.09 Å². The van der Waals surface area contributed by atoms with Crippen molar-refractivity contribution in [2.75, 3.05) is 13.1 Å². The Morgan fingerprint density at radius 1 is 1.05 bits per heavy atom. The average Bonchev–Trinajstić information content (AvgIpc) is 3.51. The number of carbonyl (C=O) groups excluding carboxylic acids is 1. The minimum Gasteiger partial charge on any atom is -0.446 e. The van der Waals surface area contributed by atoms with Gasteiger partial charge in [-0.05, 0) is 105 Å². The van der Waals surface area contributed by atoms with Crippen LogP contribution in [0.5, 0.6) is 0 Å². The van der Waals surface area contributed by atoms with Crippen molar-refractivity contribution in [1.29, 1.82) is 0 Å². The molecule has 8 nitrogen and oxygen atoms in total. The molecule has 0 bridgehead atoms. The number of nitrogens with one attached hydrogen (secondary N) is 2. The van der Waals surface area contributed by atoms with Crippen LogP contribution in [0.15, 0.2) is 0 Å². The Morgan fingerprint density at radius 3 is 2.36 bits per heavy atom. The van der Waals surface area contributed by atoms with Crippen LogP contribution in [0, 0.1) is 50.7 Å². The predicted molar refractivity (Wildman–Crippen MR) is 158 cm³/mol. The molecule has 2 heterocycles. The van der Waals surface area contributed by atoms with Crippen LogP contribution in [0.1, 0.15) is 99.8 Å². The lowest BCUT2D eigenvalue weighted by Gasteiger charge is -2.63. The lowest BCUT2D eigenvalue weighted by Crippen LogP contribution is -2.60. The molecule has 42 heavy (non-hydrogen) atoms. The maximum Gasteiger partial charge on any atom is 0.407 e. The van der Waals surface area contributed by atoms with Crippen molar-refractivity contribution in [3.63, 3.8) is 0 Å². The summed E-state index contributed by atoms with van der Waals surface area (Å²) in [5.74, 6) is 1.46. The van der Waals surface area contributed by atoms with Crippen LogP contribution in [0.3, 0.4) is 0 Å². The van der Waals surface area contributed by atoms with Crippen molar-refractivity contribution in [3.05, 3.63) is 0 Å². The number of fused-ring (bicyclic) bond motifs is 4. The first kappa shape index (κ1) is 29.8. The fourth-order valence-corrected chi connectivity index (χ4v) is 12.9. The van der Waals surface area contributed by atoms with Gasteiger partial charge in [0.15, 0.2) is 0 Å². The van der Waals surface area contributed by atoms with Crippen molar-refractivity contribution in [3.8, 4) is 0 Å². The third kappa shape index (κ3) is 3.62. The van der Waals surface area contributed by atoms with Gasteiger partial charge in [-0.25, -0.2) is 4.79 Å². The van der Waals surface area contributed by atoms with E-state index in [-0.39, 0.29) is 57.3 Å². The lowest BCUT2D eigenvalue weighted by molar-refractivity contribution is -0.202. The van der Waals surface area contributed by atoms with Gasteiger partial charge in [-0.1, -0.05) is 34.6 Å². The second kappa shape index (κ2) is 9.08. The zero-order valence-electron chi connectivity index (χ0n) is 26.9. The summed E-state index contributed by atoms with van der Waals surface area (Å²) >= 11 is 0. The number of carbonyl (C=O) groups is 1. The summed E-state index contributed by atoms with van der Waals surface area (Å²) in [5.41, 5.74) is -1.17. The summed E-state index contributed by atoms with van der Waals surface area (Å²) in [6.45, 7) is 16.7. The monoisotopic (exact) mass is 588 g/mol. The molecule has 0 aromatic heterocycles. The Kier molecular flexibility index (Phi) is 6.44. The Morgan fingerprint density at radius 2 is 1.71 bits per heavy atom. The van der Waals surface area contributed by atoms with E-state index in [1.54, 1.807) is 13.8 Å². The zero-order valence-corrected chi connectivity index (χ0v) is 26.9. The Labute approximate surface area is 252 Å². The molecule has 0 radical (unpaired) electrons. The zero-order chi connectivity index (χ0) is 30.3. The van der Waals surface area contributed by atoms with E-state index in [4.69, 9.17) is 9.47 Å². The third-order valence-electron chi connectivity index (χ3n) is 15.2. The number of alkyl carbamates (subject to hydrolysis) is 1. The van der Waals surface area contributed by atoms with Crippen LogP contribution >= 0.6 is 0 Å². The van der Waals surface area contributed by atoms with Crippen LogP contribution in [0.2, 0.25) is 0 Å². The predicted octanol–water partition coefficient (Wildman–Crippen LogP) is 4.00. The number of hydrogen-bond acceptors (Lipinski definition) is 7. The van der Waals surface area contributed by atoms with Crippen molar-refractivity contribution in [2.24, 2.45) is 50.7 Å². The van der Waals surface area contributed by atoms with Gasteiger partial charge in [0.1, 0.15) is 12.2 Å². The Hall–Kier alpha value is -0.930. The summed E-state index contributed by atoms with van der Waals surface area (Å²) < 4.78 is 12.8. The molecular weight excluding hydrogens is 532 g/mol. The number of rotatable bonds is 4. The molecular formula is C34H56N2O6. The van der Waals surface area contributed by atoms with Crippen molar-refractivity contribution < 1.29 is 29.6 Å². The molecule has 5 N–H and O–H groups in total. The van der Waals surface area contributed by atoms with Crippen molar-refractivity contribution in [2.45, 2.75) is 142 Å². The van der Waals surface area contributed by atoms with E-state index in [0.29, 0.717) is 24.2 Å². The van der Waals surface area contributed by atoms with Gasteiger partial charge in [0.2, 0.25) is 0 Å². The summed E-state index contributed by atoms with van der Waals surface area (Å²) in [7, 11) is 0. The number of ether oxygens (including phenoxy) is 2. The quantitative estimate of drug-likeness (QED) is 0.337. The highest BCUT2D eigenvalue weighted by atomic mass is 16.6. The molecule has 5 aliphatic carbocycles. The van der Waals surface area contributed by atoms with Gasteiger partial charge in [-0.3, -0.25) is 0 Å². The maximum absolute atomic E-state index is 12.8. The van der Waals surface area contributed by atoms with Gasteiger partial charge in [-0.15, -0.1) is 0 Å². The topological polar surface area (TPSA) is 120 Å². The van der Waals surface area contributed by atoms with E-state index in [1.807, 2.05) is 0 Å². The Balaban J connectivity index is 1.14. The van der Waals surface area contributed by atoms with Gasteiger partial charge in [0, 0.05) is 23.9 Å². The molecule has 0 aromatic carbocycles. The summed E-state index contributed by atoms with van der Waals surface area (Å²) in [5, 5.41) is 40.1. The number of aliphatic hydroxyl groups excluding tert-OH is 2. The van der Waals surface area contributed by atoms with E-state index in [9.17, 15) is 20.1 Å². The molecule has 13 atom stereocenters. The van der Waals surface area contributed by atoms with E-state index >= 15 is 0 Å². The molecule has 2 aliphatic heterocycles. The second-order valence-electron chi connectivity index (χ2n) is 17.5. The fourth-order valence-electron chi connectivity index (χ4n) is 12.9. The molecule has 7 rings (SSSR count). The normalized spacial score (nSPS) is 53.3. The van der Waals surface area contributed by atoms with E-state index in [1.165, 1.54) is 12.8 Å². The maximum atomic E-state index is 12.8. The van der Waals surface area contributed by atoms with Crippen LogP contribution in [-0.4, -0.2) is 76.7 Å². The van der Waals surface area contributed by atoms with Crippen LogP contribution in [-0.2, 0) is 9.47 Å². The minimum atomic E-state index is -1.26. The van der Waals surface area contributed by atoms with Gasteiger partial charge in [0.05, 0.1) is 30.0 Å². The Bertz CT molecular complexity index is 1120. The number of amides is 1. The van der Waals surface area contributed by atoms with E-state index in [2.05, 4.69) is 45.3 Å². The summed E-state index contributed by atoms with van der Waals surface area (Å²) in [6.07, 6.45) is 5.71. The minimum absolute atomic E-state index is 0.0437. The second-order valence-corrected chi connectivity index (χ2v) is 17.5. The van der Waals surface area contributed by atoms with Gasteiger partial charge in [0.25, 0.3) is 0 Å². The molecule has 5 saturated carbocycles. The van der Waals surface area contributed by atoms with E-state index in [0.717, 1.165) is 45.2 Å². The van der Waals surface area contributed by atoms with E-state index < -0.39 is 23.9 Å². The van der Waals surface area contributed by atoms with Gasteiger partial charge < -0.3 is 35.4 Å². The highest BCUT2D eigenvalue weighted by molar-refractivity contribution is 5.68. The van der Waals surface area contributed by atoms with Crippen molar-refractivity contribution in [1.82, 2.24) is 10.6 Å². The van der Waals surface area contributed by atoms with Crippen LogP contribution in [0.25, 0.3) is 0 Å². The van der Waals surface area contributed by atoms with Gasteiger partial charge in [-0.2, -0.15) is 0 Å². The van der Waals surface area contributed by atoms with Crippen LogP contribution < -0.4 is 10.6 Å². The molecule has 8 heteroatoms. The molecule has 2 spiro atoms. The first-order valence-electron chi connectivity index (χ1n) is 16.9. The SMILES string of the molecule is CC1CC(C(O)C(C)(C)O)OC2C1C1(C)CCC34CC35CCC(OC(=O)NC3CNC3)C(C)(C)C5CCC4C1(C)C2O.